The lowest BCUT2D eigenvalue weighted by Crippen LogP contribution is -2.05. The van der Waals surface area contributed by atoms with Crippen LogP contribution < -0.4 is 0 Å². The van der Waals surface area contributed by atoms with Crippen LogP contribution in [0, 0.1) is 10.1 Å². The summed E-state index contributed by atoms with van der Waals surface area (Å²) in [6.45, 7) is -0.0603. The molecule has 0 fully saturated rings. The molecule has 1 aromatic heterocycles. The Labute approximate surface area is 122 Å². The van der Waals surface area contributed by atoms with Gasteiger partial charge in [0.05, 0.1) is 5.52 Å². The highest BCUT2D eigenvalue weighted by molar-refractivity contribution is 5.94. The summed E-state index contributed by atoms with van der Waals surface area (Å²) in [7, 11) is 0. The quantitative estimate of drug-likeness (QED) is 0.540. The van der Waals surface area contributed by atoms with Crippen molar-refractivity contribution in [2.45, 2.75) is 6.42 Å². The molecule has 4 nitrogen and oxygen atoms in total. The predicted molar refractivity (Wildman–Crippen MR) is 82.7 cm³/mol. The first kappa shape index (κ1) is 13.2. The van der Waals surface area contributed by atoms with Gasteiger partial charge < -0.3 is 0 Å². The molecule has 1 heterocycles. The highest BCUT2D eigenvalue weighted by Gasteiger charge is 2.10. The molecule has 0 aliphatic carbocycles. The predicted octanol–water partition coefficient (Wildman–Crippen LogP) is 3.72. The first-order valence-electron chi connectivity index (χ1n) is 6.79. The molecule has 3 aromatic rings. The number of para-hydroxylation sites is 1. The van der Waals surface area contributed by atoms with E-state index in [2.05, 4.69) is 4.98 Å². The maximum Gasteiger partial charge on any atom is 0.207 e. The summed E-state index contributed by atoms with van der Waals surface area (Å²) in [5, 5.41) is 11.7. The van der Waals surface area contributed by atoms with Crippen molar-refractivity contribution in [2.24, 2.45) is 0 Å². The second-order valence-electron chi connectivity index (χ2n) is 4.84. The molecule has 0 unspecified atom stereocenters. The van der Waals surface area contributed by atoms with Crippen molar-refractivity contribution < 1.29 is 4.92 Å². The Morgan fingerprint density at radius 3 is 2.57 bits per heavy atom. The zero-order valence-electron chi connectivity index (χ0n) is 11.4. The summed E-state index contributed by atoms with van der Waals surface area (Å²) < 4.78 is 0. The van der Waals surface area contributed by atoms with Gasteiger partial charge in [-0.15, -0.1) is 0 Å². The Morgan fingerprint density at radius 2 is 1.71 bits per heavy atom. The fourth-order valence-corrected chi connectivity index (χ4v) is 2.53. The van der Waals surface area contributed by atoms with Crippen molar-refractivity contribution in [3.63, 3.8) is 0 Å². The molecule has 0 spiro atoms. The molecular weight excluding hydrogens is 264 g/mol. The molecule has 21 heavy (non-hydrogen) atoms. The number of aromatic nitrogens is 1. The van der Waals surface area contributed by atoms with Crippen LogP contribution in [0.1, 0.15) is 5.56 Å². The smallest absolute Gasteiger partial charge is 0.207 e. The average molecular weight is 278 g/mol. The summed E-state index contributed by atoms with van der Waals surface area (Å²) in [5.74, 6) is 0. The van der Waals surface area contributed by atoms with Crippen LogP contribution in [0.4, 0.5) is 0 Å². The number of rotatable bonds is 4. The SMILES string of the molecule is O=[N+]([O-])CCc1ccccc1-c1cccc2cccnc12. The maximum atomic E-state index is 10.6. The topological polar surface area (TPSA) is 56.0 Å². The van der Waals surface area contributed by atoms with Gasteiger partial charge in [0, 0.05) is 28.5 Å². The Bertz CT molecular complexity index is 794. The van der Waals surface area contributed by atoms with Crippen LogP contribution >= 0.6 is 0 Å². The second-order valence-corrected chi connectivity index (χ2v) is 4.84. The minimum Gasteiger partial charge on any atom is -0.265 e. The molecule has 0 amide bonds. The van der Waals surface area contributed by atoms with Crippen LogP contribution in [-0.2, 0) is 6.42 Å². The van der Waals surface area contributed by atoms with Gasteiger partial charge in [0.25, 0.3) is 0 Å². The number of nitro groups is 1. The highest BCUT2D eigenvalue weighted by Crippen LogP contribution is 2.29. The van der Waals surface area contributed by atoms with E-state index in [1.54, 1.807) is 6.20 Å². The molecule has 0 radical (unpaired) electrons. The number of nitrogens with zero attached hydrogens (tertiary/aromatic N) is 2. The minimum absolute atomic E-state index is 0.0603. The molecule has 0 aliphatic rings. The van der Waals surface area contributed by atoms with Crippen LogP contribution in [0.5, 0.6) is 0 Å². The molecule has 0 bridgehead atoms. The van der Waals surface area contributed by atoms with Crippen molar-refractivity contribution in [3.05, 3.63) is 76.5 Å². The number of pyridine rings is 1. The van der Waals surface area contributed by atoms with Gasteiger partial charge in [-0.05, 0) is 17.2 Å². The van der Waals surface area contributed by atoms with Crippen molar-refractivity contribution in [3.8, 4) is 11.1 Å². The van der Waals surface area contributed by atoms with Gasteiger partial charge in [0.15, 0.2) is 0 Å². The van der Waals surface area contributed by atoms with Gasteiger partial charge >= 0.3 is 0 Å². The third-order valence-electron chi connectivity index (χ3n) is 3.50. The van der Waals surface area contributed by atoms with E-state index in [-0.39, 0.29) is 11.5 Å². The van der Waals surface area contributed by atoms with Gasteiger partial charge in [-0.2, -0.15) is 0 Å². The zero-order chi connectivity index (χ0) is 14.7. The highest BCUT2D eigenvalue weighted by atomic mass is 16.6. The molecule has 0 aliphatic heterocycles. The summed E-state index contributed by atoms with van der Waals surface area (Å²) in [4.78, 5) is 14.8. The van der Waals surface area contributed by atoms with Gasteiger partial charge in [-0.3, -0.25) is 15.1 Å². The van der Waals surface area contributed by atoms with Crippen LogP contribution in [-0.4, -0.2) is 16.5 Å². The number of benzene rings is 2. The third kappa shape index (κ3) is 2.74. The minimum atomic E-state index is -0.280. The van der Waals surface area contributed by atoms with Crippen LogP contribution in [0.15, 0.2) is 60.8 Å². The Kier molecular flexibility index (Phi) is 3.60. The molecule has 3 rings (SSSR count). The molecule has 4 heteroatoms. The lowest BCUT2D eigenvalue weighted by atomic mass is 9.96. The summed E-state index contributed by atoms with van der Waals surface area (Å²) in [6.07, 6.45) is 2.19. The van der Waals surface area contributed by atoms with Crippen molar-refractivity contribution >= 4 is 10.9 Å². The number of hydrogen-bond donors (Lipinski definition) is 0. The van der Waals surface area contributed by atoms with E-state index in [9.17, 15) is 10.1 Å². The normalized spacial score (nSPS) is 10.7. The van der Waals surface area contributed by atoms with E-state index in [1.165, 1.54) is 0 Å². The lowest BCUT2D eigenvalue weighted by molar-refractivity contribution is -0.479. The Hall–Kier alpha value is -2.75. The molecule has 0 atom stereocenters. The van der Waals surface area contributed by atoms with Gasteiger partial charge in [0.1, 0.15) is 0 Å². The molecule has 0 saturated carbocycles. The third-order valence-corrected chi connectivity index (χ3v) is 3.50. The maximum absolute atomic E-state index is 10.6. The number of fused-ring (bicyclic) bond motifs is 1. The fraction of sp³-hybridized carbons (Fsp3) is 0.118. The zero-order valence-corrected chi connectivity index (χ0v) is 11.4. The van der Waals surface area contributed by atoms with E-state index < -0.39 is 0 Å². The van der Waals surface area contributed by atoms with E-state index >= 15 is 0 Å². The summed E-state index contributed by atoms with van der Waals surface area (Å²) in [5.41, 5.74) is 3.94. The largest absolute Gasteiger partial charge is 0.265 e. The van der Waals surface area contributed by atoms with Crippen molar-refractivity contribution in [1.29, 1.82) is 0 Å². The van der Waals surface area contributed by atoms with Gasteiger partial charge in [-0.25, -0.2) is 0 Å². The molecule has 2 aromatic carbocycles. The van der Waals surface area contributed by atoms with Gasteiger partial charge in [0.2, 0.25) is 6.54 Å². The second kappa shape index (κ2) is 5.71. The first-order valence-corrected chi connectivity index (χ1v) is 6.79. The van der Waals surface area contributed by atoms with Crippen molar-refractivity contribution in [2.75, 3.05) is 6.54 Å². The van der Waals surface area contributed by atoms with Crippen molar-refractivity contribution in [1.82, 2.24) is 4.98 Å². The lowest BCUT2D eigenvalue weighted by Gasteiger charge is -2.10. The van der Waals surface area contributed by atoms with Crippen LogP contribution in [0.3, 0.4) is 0 Å². The molecule has 0 N–H and O–H groups in total. The molecular formula is C17H14N2O2. The molecule has 104 valence electrons. The Balaban J connectivity index is 2.12. The van der Waals surface area contributed by atoms with Gasteiger partial charge in [-0.1, -0.05) is 48.5 Å². The van der Waals surface area contributed by atoms with E-state index in [1.807, 2.05) is 54.6 Å². The van der Waals surface area contributed by atoms with E-state index in [0.717, 1.165) is 27.6 Å². The number of hydrogen-bond acceptors (Lipinski definition) is 3. The Morgan fingerprint density at radius 1 is 0.952 bits per heavy atom. The average Bonchev–Trinajstić information content (AvgIpc) is 2.53. The van der Waals surface area contributed by atoms with Crippen LogP contribution in [0.2, 0.25) is 0 Å². The van der Waals surface area contributed by atoms with Crippen LogP contribution in [0.25, 0.3) is 22.0 Å². The van der Waals surface area contributed by atoms with E-state index in [4.69, 9.17) is 0 Å². The first-order chi connectivity index (χ1) is 10.3. The monoisotopic (exact) mass is 278 g/mol. The summed E-state index contributed by atoms with van der Waals surface area (Å²) in [6, 6.07) is 17.8. The van der Waals surface area contributed by atoms with E-state index in [0.29, 0.717) is 6.42 Å². The summed E-state index contributed by atoms with van der Waals surface area (Å²) >= 11 is 0. The molecule has 0 saturated heterocycles. The fourth-order valence-electron chi connectivity index (χ4n) is 2.53. The standard InChI is InChI=1S/C17H14N2O2/c20-19(21)12-10-13-5-1-2-8-15(13)16-9-3-6-14-7-4-11-18-17(14)16/h1-9,11H,10,12H2.